The van der Waals surface area contributed by atoms with Gasteiger partial charge in [0.25, 0.3) is 5.69 Å². The molecule has 0 unspecified atom stereocenters. The number of nitrogens with zero attached hydrogens (tertiary/aromatic N) is 3. The zero-order chi connectivity index (χ0) is 13.0. The average molecular weight is 309 g/mol. The molecule has 0 fully saturated rings. The molecule has 0 radical (unpaired) electrons. The molecule has 1 aromatic heterocycles. The molecule has 18 heavy (non-hydrogen) atoms. The van der Waals surface area contributed by atoms with Gasteiger partial charge in [-0.05, 0) is 18.2 Å². The van der Waals surface area contributed by atoms with Crippen molar-refractivity contribution >= 4 is 27.3 Å². The highest BCUT2D eigenvalue weighted by Gasteiger charge is 2.13. The van der Waals surface area contributed by atoms with E-state index in [9.17, 15) is 10.1 Å². The predicted molar refractivity (Wildman–Crippen MR) is 70.2 cm³/mol. The summed E-state index contributed by atoms with van der Waals surface area (Å²) in [5.74, 6) is 0. The van der Waals surface area contributed by atoms with Crippen molar-refractivity contribution in [3.05, 3.63) is 57.1 Å². The van der Waals surface area contributed by atoms with Gasteiger partial charge < -0.3 is 5.32 Å². The van der Waals surface area contributed by atoms with E-state index in [1.54, 1.807) is 24.4 Å². The Morgan fingerprint density at radius 3 is 2.89 bits per heavy atom. The highest BCUT2D eigenvalue weighted by Crippen LogP contribution is 2.28. The smallest absolute Gasteiger partial charge is 0.292 e. The summed E-state index contributed by atoms with van der Waals surface area (Å²) < 4.78 is 0.776. The SMILES string of the molecule is O=[N+]([O-])c1ccc(Br)cc1NCc1ccncn1. The van der Waals surface area contributed by atoms with Gasteiger partial charge in [0.2, 0.25) is 0 Å². The van der Waals surface area contributed by atoms with Crippen LogP contribution in [0.15, 0.2) is 41.3 Å². The Bertz CT molecular complexity index is 562. The first-order valence-corrected chi connectivity index (χ1v) is 5.89. The Morgan fingerprint density at radius 2 is 2.22 bits per heavy atom. The van der Waals surface area contributed by atoms with Crippen LogP contribution in [0.5, 0.6) is 0 Å². The fourth-order valence-electron chi connectivity index (χ4n) is 1.42. The second-order valence-corrected chi connectivity index (χ2v) is 4.39. The Labute approximate surface area is 111 Å². The highest BCUT2D eigenvalue weighted by molar-refractivity contribution is 9.10. The number of nitro groups is 1. The van der Waals surface area contributed by atoms with Crippen molar-refractivity contribution in [2.24, 2.45) is 0 Å². The summed E-state index contributed by atoms with van der Waals surface area (Å²) in [5, 5.41) is 13.9. The molecule has 0 spiro atoms. The van der Waals surface area contributed by atoms with Gasteiger partial charge in [0, 0.05) is 16.7 Å². The number of rotatable bonds is 4. The van der Waals surface area contributed by atoms with Crippen molar-refractivity contribution in [2.75, 3.05) is 5.32 Å². The second-order valence-electron chi connectivity index (χ2n) is 3.47. The Morgan fingerprint density at radius 1 is 1.39 bits per heavy atom. The van der Waals surface area contributed by atoms with Crippen molar-refractivity contribution < 1.29 is 4.92 Å². The van der Waals surface area contributed by atoms with Gasteiger partial charge in [0.05, 0.1) is 17.2 Å². The van der Waals surface area contributed by atoms with E-state index in [4.69, 9.17) is 0 Å². The molecule has 7 heteroatoms. The minimum Gasteiger partial charge on any atom is -0.374 e. The first-order valence-electron chi connectivity index (χ1n) is 5.09. The first-order chi connectivity index (χ1) is 8.66. The molecule has 0 bridgehead atoms. The van der Waals surface area contributed by atoms with E-state index in [1.165, 1.54) is 12.4 Å². The third-order valence-electron chi connectivity index (χ3n) is 2.26. The number of nitrogens with one attached hydrogen (secondary N) is 1. The maximum Gasteiger partial charge on any atom is 0.292 e. The minimum atomic E-state index is -0.422. The lowest BCUT2D eigenvalue weighted by Gasteiger charge is -2.06. The summed E-state index contributed by atoms with van der Waals surface area (Å²) in [4.78, 5) is 18.3. The normalized spacial score (nSPS) is 10.1. The van der Waals surface area contributed by atoms with Crippen LogP contribution in [0.1, 0.15) is 5.69 Å². The Kier molecular flexibility index (Phi) is 3.83. The maximum absolute atomic E-state index is 10.9. The van der Waals surface area contributed by atoms with Crippen LogP contribution in [0, 0.1) is 10.1 Å². The monoisotopic (exact) mass is 308 g/mol. The Balaban J connectivity index is 2.18. The molecule has 6 nitrogen and oxygen atoms in total. The van der Waals surface area contributed by atoms with Crippen LogP contribution in [0.25, 0.3) is 0 Å². The maximum atomic E-state index is 10.9. The van der Waals surface area contributed by atoms with E-state index in [2.05, 4.69) is 31.2 Å². The van der Waals surface area contributed by atoms with Gasteiger partial charge in [-0.1, -0.05) is 15.9 Å². The van der Waals surface area contributed by atoms with Crippen LogP contribution >= 0.6 is 15.9 Å². The van der Waals surface area contributed by atoms with Crippen LogP contribution in [-0.2, 0) is 6.54 Å². The fraction of sp³-hybridized carbons (Fsp3) is 0.0909. The van der Waals surface area contributed by atoms with E-state index >= 15 is 0 Å². The number of benzene rings is 1. The van der Waals surface area contributed by atoms with Crippen molar-refractivity contribution in [3.63, 3.8) is 0 Å². The second kappa shape index (κ2) is 5.54. The molecule has 0 saturated heterocycles. The molecule has 2 rings (SSSR count). The molecule has 0 saturated carbocycles. The standard InChI is InChI=1S/C11H9BrN4O2/c12-8-1-2-11(16(17)18)10(5-8)14-6-9-3-4-13-7-15-9/h1-5,7,14H,6H2. The van der Waals surface area contributed by atoms with E-state index in [-0.39, 0.29) is 5.69 Å². The molecular formula is C11H9BrN4O2. The Hall–Kier alpha value is -2.02. The van der Waals surface area contributed by atoms with Gasteiger partial charge in [-0.2, -0.15) is 0 Å². The van der Waals surface area contributed by atoms with Gasteiger partial charge in [0.15, 0.2) is 0 Å². The van der Waals surface area contributed by atoms with Crippen LogP contribution in [-0.4, -0.2) is 14.9 Å². The third-order valence-corrected chi connectivity index (χ3v) is 2.75. The average Bonchev–Trinajstić information content (AvgIpc) is 2.37. The zero-order valence-corrected chi connectivity index (χ0v) is 10.8. The summed E-state index contributed by atoms with van der Waals surface area (Å²) in [6.07, 6.45) is 3.06. The van der Waals surface area contributed by atoms with Gasteiger partial charge in [-0.25, -0.2) is 9.97 Å². The number of anilines is 1. The molecule has 0 aliphatic rings. The molecule has 0 aliphatic carbocycles. The first kappa shape index (κ1) is 12.4. The molecule has 0 atom stereocenters. The lowest BCUT2D eigenvalue weighted by atomic mass is 10.2. The molecule has 2 aromatic rings. The van der Waals surface area contributed by atoms with Gasteiger partial charge in [-0.3, -0.25) is 10.1 Å². The number of aromatic nitrogens is 2. The lowest BCUT2D eigenvalue weighted by Crippen LogP contribution is -2.04. The van der Waals surface area contributed by atoms with Crippen LogP contribution in [0.2, 0.25) is 0 Å². The quantitative estimate of drug-likeness (QED) is 0.694. The van der Waals surface area contributed by atoms with Crippen molar-refractivity contribution in [1.29, 1.82) is 0 Å². The number of halogens is 1. The molecule has 0 aliphatic heterocycles. The zero-order valence-electron chi connectivity index (χ0n) is 9.21. The van der Waals surface area contributed by atoms with Crippen molar-refractivity contribution in [2.45, 2.75) is 6.54 Å². The van der Waals surface area contributed by atoms with Gasteiger partial charge in [0.1, 0.15) is 12.0 Å². The number of hydrogen-bond donors (Lipinski definition) is 1. The highest BCUT2D eigenvalue weighted by atomic mass is 79.9. The number of hydrogen-bond acceptors (Lipinski definition) is 5. The van der Waals surface area contributed by atoms with E-state index in [0.29, 0.717) is 12.2 Å². The molecule has 0 amide bonds. The van der Waals surface area contributed by atoms with E-state index < -0.39 is 4.92 Å². The summed E-state index contributed by atoms with van der Waals surface area (Å²) >= 11 is 3.28. The van der Waals surface area contributed by atoms with Crippen LogP contribution < -0.4 is 5.32 Å². The number of nitro benzene ring substituents is 1. The summed E-state index contributed by atoms with van der Waals surface area (Å²) in [6, 6.07) is 6.50. The van der Waals surface area contributed by atoms with Gasteiger partial charge in [-0.15, -0.1) is 0 Å². The summed E-state index contributed by atoms with van der Waals surface area (Å²) in [5.41, 5.74) is 1.25. The lowest BCUT2D eigenvalue weighted by molar-refractivity contribution is -0.384. The van der Waals surface area contributed by atoms with Crippen molar-refractivity contribution in [1.82, 2.24) is 9.97 Å². The summed E-state index contributed by atoms with van der Waals surface area (Å²) in [6.45, 7) is 0.403. The summed E-state index contributed by atoms with van der Waals surface area (Å²) in [7, 11) is 0. The van der Waals surface area contributed by atoms with Crippen LogP contribution in [0.3, 0.4) is 0 Å². The molecule has 1 aromatic carbocycles. The molecule has 92 valence electrons. The van der Waals surface area contributed by atoms with E-state index in [0.717, 1.165) is 10.2 Å². The van der Waals surface area contributed by atoms with E-state index in [1.807, 2.05) is 0 Å². The largest absolute Gasteiger partial charge is 0.374 e. The molecular weight excluding hydrogens is 300 g/mol. The molecule has 1 N–H and O–H groups in total. The third kappa shape index (κ3) is 3.01. The molecule has 1 heterocycles. The fourth-order valence-corrected chi connectivity index (χ4v) is 1.78. The topological polar surface area (TPSA) is 81.0 Å². The minimum absolute atomic E-state index is 0.0345. The van der Waals surface area contributed by atoms with Crippen molar-refractivity contribution in [3.8, 4) is 0 Å². The predicted octanol–water partition coefficient (Wildman–Crippen LogP) is 2.76. The van der Waals surface area contributed by atoms with Crippen LogP contribution in [0.4, 0.5) is 11.4 Å². The van der Waals surface area contributed by atoms with Gasteiger partial charge >= 0.3 is 0 Å².